The van der Waals surface area contributed by atoms with Crippen LogP contribution in [0.25, 0.3) is 0 Å². The van der Waals surface area contributed by atoms with E-state index >= 15 is 0 Å². The molecule has 0 saturated heterocycles. The fourth-order valence-corrected chi connectivity index (χ4v) is 1.34. The SMILES string of the molecule is NCC(F)(F)Cc1ccc(Cl)nc1Cl. The summed E-state index contributed by atoms with van der Waals surface area (Å²) in [5, 5.41) is 0.167. The number of hydrogen-bond donors (Lipinski definition) is 1. The number of halogens is 4. The number of rotatable bonds is 3. The second-order valence-corrected chi connectivity index (χ2v) is 3.57. The summed E-state index contributed by atoms with van der Waals surface area (Å²) in [6, 6.07) is 2.83. The Hall–Kier alpha value is -0.450. The molecule has 0 aliphatic carbocycles. The number of pyridine rings is 1. The fourth-order valence-electron chi connectivity index (χ4n) is 0.924. The summed E-state index contributed by atoms with van der Waals surface area (Å²) < 4.78 is 25.7. The number of nitrogens with zero attached hydrogens (tertiary/aromatic N) is 1. The molecule has 1 heterocycles. The first-order valence-corrected chi connectivity index (χ1v) is 4.59. The van der Waals surface area contributed by atoms with E-state index in [1.807, 2.05) is 0 Å². The largest absolute Gasteiger partial charge is 0.325 e. The highest BCUT2D eigenvalue weighted by atomic mass is 35.5. The quantitative estimate of drug-likeness (QED) is 0.826. The molecule has 0 aliphatic heterocycles. The van der Waals surface area contributed by atoms with Crippen LogP contribution in [-0.4, -0.2) is 17.5 Å². The molecule has 1 aromatic heterocycles. The average molecular weight is 241 g/mol. The lowest BCUT2D eigenvalue weighted by atomic mass is 10.1. The second kappa shape index (κ2) is 4.38. The van der Waals surface area contributed by atoms with Gasteiger partial charge in [0.1, 0.15) is 10.3 Å². The van der Waals surface area contributed by atoms with Gasteiger partial charge in [0.05, 0.1) is 6.54 Å². The molecule has 0 amide bonds. The van der Waals surface area contributed by atoms with Crippen molar-refractivity contribution in [2.24, 2.45) is 5.73 Å². The van der Waals surface area contributed by atoms with E-state index in [1.165, 1.54) is 12.1 Å². The zero-order valence-electron chi connectivity index (χ0n) is 7.11. The Bertz CT molecular complexity index is 331. The van der Waals surface area contributed by atoms with Crippen LogP contribution in [0, 0.1) is 0 Å². The molecule has 0 fully saturated rings. The molecule has 0 bridgehead atoms. The smallest absolute Gasteiger partial charge is 0.264 e. The minimum atomic E-state index is -2.96. The predicted molar refractivity (Wildman–Crippen MR) is 52.0 cm³/mol. The third kappa shape index (κ3) is 3.04. The summed E-state index contributed by atoms with van der Waals surface area (Å²) in [7, 11) is 0. The molecule has 6 heteroatoms. The van der Waals surface area contributed by atoms with Gasteiger partial charge < -0.3 is 5.73 Å². The molecule has 14 heavy (non-hydrogen) atoms. The lowest BCUT2D eigenvalue weighted by Crippen LogP contribution is -2.30. The molecule has 0 radical (unpaired) electrons. The van der Waals surface area contributed by atoms with Crippen LogP contribution >= 0.6 is 23.2 Å². The van der Waals surface area contributed by atoms with Gasteiger partial charge in [-0.15, -0.1) is 0 Å². The van der Waals surface area contributed by atoms with Crippen LogP contribution in [0.5, 0.6) is 0 Å². The number of hydrogen-bond acceptors (Lipinski definition) is 2. The monoisotopic (exact) mass is 240 g/mol. The van der Waals surface area contributed by atoms with Crippen LogP contribution in [0.3, 0.4) is 0 Å². The normalized spacial score (nSPS) is 11.8. The second-order valence-electron chi connectivity index (χ2n) is 2.82. The summed E-state index contributed by atoms with van der Waals surface area (Å²) >= 11 is 11.1. The van der Waals surface area contributed by atoms with Gasteiger partial charge in [-0.2, -0.15) is 0 Å². The fraction of sp³-hybridized carbons (Fsp3) is 0.375. The van der Waals surface area contributed by atoms with Gasteiger partial charge in [0.25, 0.3) is 5.92 Å². The maximum absolute atomic E-state index is 12.9. The van der Waals surface area contributed by atoms with E-state index in [2.05, 4.69) is 4.98 Å². The Morgan fingerprint density at radius 2 is 2.00 bits per heavy atom. The Morgan fingerprint density at radius 1 is 1.36 bits per heavy atom. The van der Waals surface area contributed by atoms with Crippen molar-refractivity contribution in [3.63, 3.8) is 0 Å². The topological polar surface area (TPSA) is 38.9 Å². The van der Waals surface area contributed by atoms with Crippen LogP contribution in [-0.2, 0) is 6.42 Å². The van der Waals surface area contributed by atoms with Crippen molar-refractivity contribution in [3.8, 4) is 0 Å². The first-order chi connectivity index (χ1) is 6.44. The number of nitrogens with two attached hydrogens (primary N) is 1. The maximum atomic E-state index is 12.9. The Morgan fingerprint density at radius 3 is 2.50 bits per heavy atom. The van der Waals surface area contributed by atoms with Crippen molar-refractivity contribution in [1.29, 1.82) is 0 Å². The number of aromatic nitrogens is 1. The van der Waals surface area contributed by atoms with Crippen molar-refractivity contribution < 1.29 is 8.78 Å². The van der Waals surface area contributed by atoms with Gasteiger partial charge in [0.2, 0.25) is 0 Å². The van der Waals surface area contributed by atoms with Crippen molar-refractivity contribution in [1.82, 2.24) is 4.98 Å². The lowest BCUT2D eigenvalue weighted by molar-refractivity contribution is 0.0114. The number of alkyl halides is 2. The van der Waals surface area contributed by atoms with E-state index in [-0.39, 0.29) is 15.9 Å². The van der Waals surface area contributed by atoms with Crippen LogP contribution in [0.2, 0.25) is 10.3 Å². The third-order valence-electron chi connectivity index (χ3n) is 1.64. The van der Waals surface area contributed by atoms with Crippen molar-refractivity contribution in [3.05, 3.63) is 28.0 Å². The van der Waals surface area contributed by atoms with Crippen LogP contribution in [0.15, 0.2) is 12.1 Å². The predicted octanol–water partition coefficient (Wildman–Crippen LogP) is 2.52. The lowest BCUT2D eigenvalue weighted by Gasteiger charge is -2.14. The summed E-state index contributed by atoms with van der Waals surface area (Å²) in [6.07, 6.45) is -0.521. The van der Waals surface area contributed by atoms with Gasteiger partial charge in [-0.05, 0) is 11.6 Å². The first-order valence-electron chi connectivity index (χ1n) is 3.83. The van der Waals surface area contributed by atoms with Crippen molar-refractivity contribution in [2.75, 3.05) is 6.54 Å². The molecular formula is C8H8Cl2F2N2. The van der Waals surface area contributed by atoms with Gasteiger partial charge in [0, 0.05) is 6.42 Å². The molecule has 2 N–H and O–H groups in total. The molecule has 2 nitrogen and oxygen atoms in total. The van der Waals surface area contributed by atoms with E-state index in [0.29, 0.717) is 0 Å². The average Bonchev–Trinajstić information content (AvgIpc) is 2.10. The maximum Gasteiger partial charge on any atom is 0.264 e. The molecule has 0 aliphatic rings. The van der Waals surface area contributed by atoms with Crippen molar-refractivity contribution >= 4 is 23.2 Å². The Labute approximate surface area is 90.0 Å². The van der Waals surface area contributed by atoms with E-state index in [1.54, 1.807) is 0 Å². The van der Waals surface area contributed by atoms with Gasteiger partial charge in [-0.3, -0.25) is 0 Å². The summed E-state index contributed by atoms with van der Waals surface area (Å²) in [4.78, 5) is 3.65. The summed E-state index contributed by atoms with van der Waals surface area (Å²) in [6.45, 7) is -0.716. The minimum Gasteiger partial charge on any atom is -0.325 e. The van der Waals surface area contributed by atoms with E-state index in [0.717, 1.165) is 0 Å². The van der Waals surface area contributed by atoms with Crippen LogP contribution in [0.4, 0.5) is 8.78 Å². The molecule has 0 spiro atoms. The van der Waals surface area contributed by atoms with Crippen LogP contribution < -0.4 is 5.73 Å². The summed E-state index contributed by atoms with van der Waals surface area (Å²) in [5.41, 5.74) is 5.14. The molecule has 78 valence electrons. The highest BCUT2D eigenvalue weighted by molar-refractivity contribution is 6.32. The highest BCUT2D eigenvalue weighted by Gasteiger charge is 2.28. The zero-order chi connectivity index (χ0) is 10.8. The first kappa shape index (κ1) is 11.6. The standard InChI is InChI=1S/C8H8Cl2F2N2/c9-6-2-1-5(7(10)14-6)3-8(11,12)4-13/h1-2H,3-4,13H2. The van der Waals surface area contributed by atoms with E-state index < -0.39 is 18.9 Å². The Balaban J connectivity index is 2.87. The molecule has 0 saturated carbocycles. The van der Waals surface area contributed by atoms with E-state index in [9.17, 15) is 8.78 Å². The summed E-state index contributed by atoms with van der Waals surface area (Å²) in [5.74, 6) is -2.96. The van der Waals surface area contributed by atoms with Gasteiger partial charge in [-0.25, -0.2) is 13.8 Å². The van der Waals surface area contributed by atoms with Gasteiger partial charge >= 0.3 is 0 Å². The molecule has 0 aromatic carbocycles. The molecule has 0 atom stereocenters. The highest BCUT2D eigenvalue weighted by Crippen LogP contribution is 2.24. The third-order valence-corrected chi connectivity index (χ3v) is 2.18. The van der Waals surface area contributed by atoms with Crippen molar-refractivity contribution in [2.45, 2.75) is 12.3 Å². The molecule has 1 aromatic rings. The zero-order valence-corrected chi connectivity index (χ0v) is 8.62. The van der Waals surface area contributed by atoms with E-state index in [4.69, 9.17) is 28.9 Å². The molecular weight excluding hydrogens is 233 g/mol. The molecule has 0 unspecified atom stereocenters. The Kier molecular flexibility index (Phi) is 3.64. The van der Waals surface area contributed by atoms with Gasteiger partial charge in [-0.1, -0.05) is 29.3 Å². The minimum absolute atomic E-state index is 0.00868. The van der Waals surface area contributed by atoms with Gasteiger partial charge in [0.15, 0.2) is 0 Å². The van der Waals surface area contributed by atoms with Crippen LogP contribution in [0.1, 0.15) is 5.56 Å². The molecule has 1 rings (SSSR count).